The fourth-order valence-electron chi connectivity index (χ4n) is 2.78. The first-order valence-electron chi connectivity index (χ1n) is 7.51. The zero-order chi connectivity index (χ0) is 16.3. The molecule has 0 aromatic rings. The van der Waals surface area contributed by atoms with Crippen LogP contribution in [0.25, 0.3) is 0 Å². The molecule has 0 bridgehead atoms. The quantitative estimate of drug-likeness (QED) is 0.478. The zero-order valence-corrected chi connectivity index (χ0v) is 12.8. The standard InChI is InChI=1S/C14H22N2O6/c1-3-21-12(19)14(13(20)22-4-2)7-16(8-14)11(18)10-9(17)5-6-15-10/h9-10,15,17H,3-8H2,1-2H3/t9-,10-/m0/s1. The highest BCUT2D eigenvalue weighted by Gasteiger charge is 2.60. The molecule has 2 aliphatic rings. The smallest absolute Gasteiger partial charge is 0.327 e. The van der Waals surface area contributed by atoms with Gasteiger partial charge in [0, 0.05) is 13.1 Å². The van der Waals surface area contributed by atoms with Crippen molar-refractivity contribution in [1.82, 2.24) is 10.2 Å². The SMILES string of the molecule is CCOC(=O)C1(C(=O)OCC)CN(C(=O)[C@H]2NCC[C@@H]2O)C1. The number of aliphatic hydroxyl groups is 1. The number of nitrogens with zero attached hydrogens (tertiary/aromatic N) is 1. The van der Waals surface area contributed by atoms with Crippen LogP contribution in [0, 0.1) is 5.41 Å². The number of esters is 2. The molecule has 2 fully saturated rings. The number of carbonyl (C=O) groups excluding carboxylic acids is 3. The topological polar surface area (TPSA) is 105 Å². The molecule has 2 saturated heterocycles. The molecule has 8 nitrogen and oxygen atoms in total. The minimum atomic E-state index is -1.44. The van der Waals surface area contributed by atoms with Gasteiger partial charge in [0.25, 0.3) is 0 Å². The minimum absolute atomic E-state index is 0.0750. The lowest BCUT2D eigenvalue weighted by molar-refractivity contribution is -0.187. The van der Waals surface area contributed by atoms with E-state index in [0.717, 1.165) is 0 Å². The predicted molar refractivity (Wildman–Crippen MR) is 74.7 cm³/mol. The van der Waals surface area contributed by atoms with Crippen molar-refractivity contribution in [3.8, 4) is 0 Å². The van der Waals surface area contributed by atoms with E-state index in [2.05, 4.69) is 5.32 Å². The normalized spacial score (nSPS) is 26.2. The number of rotatable bonds is 5. The van der Waals surface area contributed by atoms with Crippen molar-refractivity contribution in [2.45, 2.75) is 32.4 Å². The van der Waals surface area contributed by atoms with Crippen LogP contribution in [-0.4, -0.2) is 72.8 Å². The highest BCUT2D eigenvalue weighted by molar-refractivity contribution is 6.03. The lowest BCUT2D eigenvalue weighted by atomic mass is 9.79. The summed E-state index contributed by atoms with van der Waals surface area (Å²) in [5, 5.41) is 12.7. The second kappa shape index (κ2) is 6.62. The van der Waals surface area contributed by atoms with Gasteiger partial charge in [-0.15, -0.1) is 0 Å². The van der Waals surface area contributed by atoms with Gasteiger partial charge in [-0.2, -0.15) is 0 Å². The van der Waals surface area contributed by atoms with Crippen molar-refractivity contribution in [2.75, 3.05) is 32.8 Å². The number of amides is 1. The van der Waals surface area contributed by atoms with Crippen molar-refractivity contribution >= 4 is 17.8 Å². The number of hydrogen-bond donors (Lipinski definition) is 2. The van der Waals surface area contributed by atoms with Crippen LogP contribution in [0.2, 0.25) is 0 Å². The van der Waals surface area contributed by atoms with E-state index >= 15 is 0 Å². The third kappa shape index (κ3) is 2.80. The van der Waals surface area contributed by atoms with E-state index in [1.165, 1.54) is 4.90 Å². The van der Waals surface area contributed by atoms with Crippen LogP contribution < -0.4 is 5.32 Å². The Balaban J connectivity index is 2.05. The largest absolute Gasteiger partial charge is 0.465 e. The van der Waals surface area contributed by atoms with Crippen molar-refractivity contribution in [1.29, 1.82) is 0 Å². The average Bonchev–Trinajstić information content (AvgIpc) is 2.84. The van der Waals surface area contributed by atoms with E-state index in [9.17, 15) is 19.5 Å². The zero-order valence-electron chi connectivity index (χ0n) is 12.8. The van der Waals surface area contributed by atoms with Crippen LogP contribution in [0.15, 0.2) is 0 Å². The number of ether oxygens (including phenoxy) is 2. The number of hydrogen-bond acceptors (Lipinski definition) is 7. The Labute approximate surface area is 128 Å². The van der Waals surface area contributed by atoms with Crippen molar-refractivity contribution in [2.24, 2.45) is 5.41 Å². The van der Waals surface area contributed by atoms with Gasteiger partial charge in [0.05, 0.1) is 19.3 Å². The maximum atomic E-state index is 12.3. The first-order valence-corrected chi connectivity index (χ1v) is 7.51. The second-order valence-corrected chi connectivity index (χ2v) is 5.51. The van der Waals surface area contributed by atoms with Crippen LogP contribution >= 0.6 is 0 Å². The molecule has 0 spiro atoms. The van der Waals surface area contributed by atoms with Crippen LogP contribution in [0.1, 0.15) is 20.3 Å². The predicted octanol–water partition coefficient (Wildman–Crippen LogP) is -1.34. The first-order chi connectivity index (χ1) is 10.5. The van der Waals surface area contributed by atoms with E-state index in [1.54, 1.807) is 13.8 Å². The Morgan fingerprint density at radius 1 is 1.18 bits per heavy atom. The minimum Gasteiger partial charge on any atom is -0.465 e. The molecule has 22 heavy (non-hydrogen) atoms. The van der Waals surface area contributed by atoms with E-state index in [4.69, 9.17) is 9.47 Å². The number of nitrogens with one attached hydrogen (secondary N) is 1. The third-order valence-electron chi connectivity index (χ3n) is 4.02. The first kappa shape index (κ1) is 16.7. The van der Waals surface area contributed by atoms with Gasteiger partial charge in [-0.3, -0.25) is 14.4 Å². The molecule has 0 aliphatic carbocycles. The van der Waals surface area contributed by atoms with Crippen LogP contribution in [0.4, 0.5) is 0 Å². The van der Waals surface area contributed by atoms with Gasteiger partial charge in [0.15, 0.2) is 5.41 Å². The molecular weight excluding hydrogens is 292 g/mol. The Hall–Kier alpha value is -1.67. The summed E-state index contributed by atoms with van der Waals surface area (Å²) in [6.07, 6.45) is -0.238. The molecule has 2 atom stereocenters. The molecule has 2 heterocycles. The van der Waals surface area contributed by atoms with E-state index < -0.39 is 29.5 Å². The maximum Gasteiger partial charge on any atom is 0.327 e. The summed E-state index contributed by atoms with van der Waals surface area (Å²) in [4.78, 5) is 37.8. The number of carbonyl (C=O) groups is 3. The molecule has 2 rings (SSSR count). The molecule has 2 N–H and O–H groups in total. The highest BCUT2D eigenvalue weighted by Crippen LogP contribution is 2.34. The average molecular weight is 314 g/mol. The molecule has 0 radical (unpaired) electrons. The van der Waals surface area contributed by atoms with Gasteiger partial charge in [0.2, 0.25) is 5.91 Å². The molecule has 2 aliphatic heterocycles. The van der Waals surface area contributed by atoms with E-state index in [-0.39, 0.29) is 32.2 Å². The molecule has 1 amide bonds. The highest BCUT2D eigenvalue weighted by atomic mass is 16.6. The Morgan fingerprint density at radius 2 is 1.73 bits per heavy atom. The van der Waals surface area contributed by atoms with Gasteiger partial charge in [0.1, 0.15) is 6.04 Å². The fraction of sp³-hybridized carbons (Fsp3) is 0.786. The molecule has 8 heteroatoms. The van der Waals surface area contributed by atoms with Gasteiger partial charge < -0.3 is 24.8 Å². The van der Waals surface area contributed by atoms with Crippen LogP contribution in [0.3, 0.4) is 0 Å². The molecule has 124 valence electrons. The molecule has 0 saturated carbocycles. The van der Waals surface area contributed by atoms with Gasteiger partial charge >= 0.3 is 11.9 Å². The summed E-state index contributed by atoms with van der Waals surface area (Å²) >= 11 is 0. The Kier molecular flexibility index (Phi) is 5.02. The molecule has 0 aromatic carbocycles. The van der Waals surface area contributed by atoms with Gasteiger partial charge in [-0.1, -0.05) is 0 Å². The second-order valence-electron chi connectivity index (χ2n) is 5.51. The number of likely N-dealkylation sites (tertiary alicyclic amines) is 1. The molecule has 0 aromatic heterocycles. The summed E-state index contributed by atoms with van der Waals surface area (Å²) in [5.74, 6) is -1.65. The summed E-state index contributed by atoms with van der Waals surface area (Å²) < 4.78 is 9.90. The lowest BCUT2D eigenvalue weighted by Crippen LogP contribution is -2.69. The van der Waals surface area contributed by atoms with Gasteiger partial charge in [-0.25, -0.2) is 0 Å². The Morgan fingerprint density at radius 3 is 2.14 bits per heavy atom. The third-order valence-corrected chi connectivity index (χ3v) is 4.02. The number of aliphatic hydroxyl groups excluding tert-OH is 1. The van der Waals surface area contributed by atoms with Crippen LogP contribution in [0.5, 0.6) is 0 Å². The monoisotopic (exact) mass is 314 g/mol. The fourth-order valence-corrected chi connectivity index (χ4v) is 2.78. The van der Waals surface area contributed by atoms with E-state index in [0.29, 0.717) is 13.0 Å². The summed E-state index contributed by atoms with van der Waals surface area (Å²) in [6, 6.07) is -0.678. The van der Waals surface area contributed by atoms with Crippen molar-refractivity contribution < 1.29 is 29.0 Å². The maximum absolute atomic E-state index is 12.3. The molecule has 0 unspecified atom stereocenters. The van der Waals surface area contributed by atoms with Crippen molar-refractivity contribution in [3.63, 3.8) is 0 Å². The van der Waals surface area contributed by atoms with Gasteiger partial charge in [-0.05, 0) is 26.8 Å². The lowest BCUT2D eigenvalue weighted by Gasteiger charge is -2.46. The van der Waals surface area contributed by atoms with Crippen LogP contribution in [-0.2, 0) is 23.9 Å². The van der Waals surface area contributed by atoms with Crippen molar-refractivity contribution in [3.05, 3.63) is 0 Å². The summed E-state index contributed by atoms with van der Waals surface area (Å²) in [6.45, 7) is 4.01. The Bertz CT molecular complexity index is 440. The summed E-state index contributed by atoms with van der Waals surface area (Å²) in [5.41, 5.74) is -1.44. The molecular formula is C14H22N2O6. The summed E-state index contributed by atoms with van der Waals surface area (Å²) in [7, 11) is 0. The van der Waals surface area contributed by atoms with E-state index in [1.807, 2.05) is 0 Å².